The highest BCUT2D eigenvalue weighted by molar-refractivity contribution is 4.62. The molecule has 0 spiro atoms. The second-order valence-corrected chi connectivity index (χ2v) is 2.83. The van der Waals surface area contributed by atoms with Crippen LogP contribution >= 0.6 is 0 Å². The van der Waals surface area contributed by atoms with Gasteiger partial charge in [-0.25, -0.2) is 0 Å². The predicted molar refractivity (Wildman–Crippen MR) is 39.3 cm³/mol. The summed E-state index contributed by atoms with van der Waals surface area (Å²) in [6.45, 7) is 1.64. The van der Waals surface area contributed by atoms with E-state index in [1.807, 2.05) is 13.8 Å². The average molecular weight is 167 g/mol. The largest absolute Gasteiger partial charge is 0.345 e. The first-order valence-electron chi connectivity index (χ1n) is 3.67. The summed E-state index contributed by atoms with van der Waals surface area (Å²) in [7, 11) is 0. The summed E-state index contributed by atoms with van der Waals surface area (Å²) in [5.74, 6) is 0.322. The van der Waals surface area contributed by atoms with Crippen LogP contribution in [0.1, 0.15) is 13.8 Å². The van der Waals surface area contributed by atoms with Crippen molar-refractivity contribution < 1.29 is 13.5 Å². The molecule has 0 aromatic heterocycles. The summed E-state index contributed by atoms with van der Waals surface area (Å²) in [5, 5.41) is 0. The lowest BCUT2D eigenvalue weighted by atomic mass is 9.97. The summed E-state index contributed by atoms with van der Waals surface area (Å²) in [6, 6.07) is 0. The molecule has 0 heterocycles. The minimum Gasteiger partial charge on any atom is -0.330 e. The van der Waals surface area contributed by atoms with E-state index in [1.165, 1.54) is 0 Å². The molecule has 2 N–H and O–H groups in total. The van der Waals surface area contributed by atoms with Gasteiger partial charge in [-0.05, 0) is 18.4 Å². The van der Waals surface area contributed by atoms with E-state index in [-0.39, 0.29) is 12.5 Å². The van der Waals surface area contributed by atoms with Crippen LogP contribution in [-0.4, -0.2) is 19.8 Å². The van der Waals surface area contributed by atoms with Crippen molar-refractivity contribution in [3.63, 3.8) is 0 Å². The molecule has 0 aliphatic carbocycles. The van der Waals surface area contributed by atoms with Crippen molar-refractivity contribution in [1.82, 2.24) is 0 Å². The molecule has 0 aromatic rings. The first-order chi connectivity index (χ1) is 5.07. The van der Waals surface area contributed by atoms with Gasteiger partial charge in [0, 0.05) is 0 Å². The van der Waals surface area contributed by atoms with E-state index in [4.69, 9.17) is 5.73 Å². The smallest absolute Gasteiger partial charge is 0.330 e. The zero-order valence-corrected chi connectivity index (χ0v) is 6.89. The van der Waals surface area contributed by atoms with Crippen LogP contribution in [0.15, 0.2) is 0 Å². The van der Waals surface area contributed by atoms with E-state index in [9.17, 15) is 8.78 Å². The molecule has 1 atom stereocenters. The average Bonchev–Trinajstić information content (AvgIpc) is 1.87. The maximum absolute atomic E-state index is 11.5. The van der Waals surface area contributed by atoms with Gasteiger partial charge in [-0.2, -0.15) is 8.78 Å². The Hall–Kier alpha value is -0.220. The van der Waals surface area contributed by atoms with Gasteiger partial charge >= 0.3 is 6.61 Å². The molecule has 0 saturated heterocycles. The molecule has 0 rings (SSSR count). The van der Waals surface area contributed by atoms with Crippen molar-refractivity contribution in [3.8, 4) is 0 Å². The standard InChI is InChI=1S/C7H15F2NO/c1-5(2)6(3-10)4-11-7(8)9/h5-7H,3-4,10H2,1-2H3. The van der Waals surface area contributed by atoms with Gasteiger partial charge in [0.1, 0.15) is 0 Å². The second-order valence-electron chi connectivity index (χ2n) is 2.83. The van der Waals surface area contributed by atoms with Crippen molar-refractivity contribution in [2.24, 2.45) is 17.6 Å². The van der Waals surface area contributed by atoms with Gasteiger partial charge in [0.15, 0.2) is 0 Å². The van der Waals surface area contributed by atoms with Crippen molar-refractivity contribution in [2.75, 3.05) is 13.2 Å². The summed E-state index contributed by atoms with van der Waals surface area (Å²) in [5.41, 5.74) is 5.34. The fraction of sp³-hybridized carbons (Fsp3) is 1.00. The molecule has 0 aromatic carbocycles. The minimum atomic E-state index is -2.68. The molecule has 11 heavy (non-hydrogen) atoms. The molecule has 0 aliphatic rings. The Balaban J connectivity index is 3.52. The molecule has 0 saturated carbocycles. The lowest BCUT2D eigenvalue weighted by Gasteiger charge is -2.17. The number of nitrogens with two attached hydrogens (primary N) is 1. The number of hydrogen-bond acceptors (Lipinski definition) is 2. The van der Waals surface area contributed by atoms with Crippen LogP contribution in [0.25, 0.3) is 0 Å². The molecule has 1 unspecified atom stereocenters. The fourth-order valence-electron chi connectivity index (χ4n) is 0.729. The van der Waals surface area contributed by atoms with Gasteiger partial charge in [-0.15, -0.1) is 0 Å². The first kappa shape index (κ1) is 10.8. The van der Waals surface area contributed by atoms with Crippen molar-refractivity contribution in [1.29, 1.82) is 0 Å². The molecular formula is C7H15F2NO. The van der Waals surface area contributed by atoms with Crippen LogP contribution in [-0.2, 0) is 4.74 Å². The summed E-state index contributed by atoms with van der Waals surface area (Å²) >= 11 is 0. The van der Waals surface area contributed by atoms with E-state index in [0.717, 1.165) is 0 Å². The van der Waals surface area contributed by atoms with Gasteiger partial charge in [0.2, 0.25) is 0 Å². The van der Waals surface area contributed by atoms with Crippen molar-refractivity contribution in [2.45, 2.75) is 20.5 Å². The highest BCUT2D eigenvalue weighted by Gasteiger charge is 2.13. The third-order valence-corrected chi connectivity index (χ3v) is 1.68. The molecule has 0 radical (unpaired) electrons. The predicted octanol–water partition coefficient (Wildman–Crippen LogP) is 1.46. The quantitative estimate of drug-likeness (QED) is 0.672. The Labute approximate surface area is 65.7 Å². The van der Waals surface area contributed by atoms with Crippen LogP contribution in [0.4, 0.5) is 8.78 Å². The molecule has 4 heteroatoms. The zero-order valence-electron chi connectivity index (χ0n) is 6.89. The number of alkyl halides is 2. The monoisotopic (exact) mass is 167 g/mol. The number of ether oxygens (including phenoxy) is 1. The Morgan fingerprint density at radius 2 is 1.91 bits per heavy atom. The van der Waals surface area contributed by atoms with E-state index < -0.39 is 6.61 Å². The third-order valence-electron chi connectivity index (χ3n) is 1.68. The van der Waals surface area contributed by atoms with Gasteiger partial charge in [0.25, 0.3) is 0 Å². The molecular weight excluding hydrogens is 152 g/mol. The SMILES string of the molecule is CC(C)C(CN)COC(F)F. The molecule has 0 aliphatic heterocycles. The maximum Gasteiger partial charge on any atom is 0.345 e. The van der Waals surface area contributed by atoms with Crippen molar-refractivity contribution in [3.05, 3.63) is 0 Å². The second kappa shape index (κ2) is 5.43. The van der Waals surface area contributed by atoms with Gasteiger partial charge in [0.05, 0.1) is 6.61 Å². The van der Waals surface area contributed by atoms with Crippen molar-refractivity contribution >= 4 is 0 Å². The van der Waals surface area contributed by atoms with Crippen LogP contribution in [0, 0.1) is 11.8 Å². The van der Waals surface area contributed by atoms with Gasteiger partial charge < -0.3 is 10.5 Å². The van der Waals surface area contributed by atoms with Gasteiger partial charge in [-0.3, -0.25) is 0 Å². The number of hydrogen-bond donors (Lipinski definition) is 1. The number of rotatable bonds is 5. The Kier molecular flexibility index (Phi) is 5.32. The third kappa shape index (κ3) is 5.09. The molecule has 2 nitrogen and oxygen atoms in total. The van der Waals surface area contributed by atoms with Gasteiger partial charge in [-0.1, -0.05) is 13.8 Å². The molecule has 0 fully saturated rings. The number of halogens is 2. The van der Waals surface area contributed by atoms with E-state index in [2.05, 4.69) is 4.74 Å². The lowest BCUT2D eigenvalue weighted by Crippen LogP contribution is -2.25. The summed E-state index contributed by atoms with van der Waals surface area (Å²) in [6.07, 6.45) is 0. The van der Waals surface area contributed by atoms with Crippen LogP contribution in [0.2, 0.25) is 0 Å². The highest BCUT2D eigenvalue weighted by Crippen LogP contribution is 2.10. The molecule has 0 bridgehead atoms. The Morgan fingerprint density at radius 1 is 1.36 bits per heavy atom. The topological polar surface area (TPSA) is 35.2 Å². The van der Waals surface area contributed by atoms with Crippen LogP contribution in [0.3, 0.4) is 0 Å². The summed E-state index contributed by atoms with van der Waals surface area (Å²) in [4.78, 5) is 0. The minimum absolute atomic E-state index is 0.0315. The maximum atomic E-state index is 11.5. The Morgan fingerprint density at radius 3 is 2.18 bits per heavy atom. The lowest BCUT2D eigenvalue weighted by molar-refractivity contribution is -0.140. The highest BCUT2D eigenvalue weighted by atomic mass is 19.3. The Bertz CT molecular complexity index is 98.4. The van der Waals surface area contributed by atoms with Crippen LogP contribution in [0.5, 0.6) is 0 Å². The molecule has 68 valence electrons. The van der Waals surface area contributed by atoms with E-state index >= 15 is 0 Å². The fourth-order valence-corrected chi connectivity index (χ4v) is 0.729. The normalized spacial score (nSPS) is 14.5. The first-order valence-corrected chi connectivity index (χ1v) is 3.67. The van der Waals surface area contributed by atoms with E-state index in [0.29, 0.717) is 12.5 Å². The van der Waals surface area contributed by atoms with Crippen LogP contribution < -0.4 is 5.73 Å². The zero-order chi connectivity index (χ0) is 8.85. The molecule has 0 amide bonds. The van der Waals surface area contributed by atoms with E-state index in [1.54, 1.807) is 0 Å². The summed E-state index contributed by atoms with van der Waals surface area (Å²) < 4.78 is 27.2.